The third-order valence-electron chi connectivity index (χ3n) is 6.37. The van der Waals surface area contributed by atoms with Crippen LogP contribution in [-0.4, -0.2) is 55.1 Å². The molecular formula is C25H27N5O3. The van der Waals surface area contributed by atoms with Gasteiger partial charge in [-0.1, -0.05) is 30.3 Å². The average Bonchev–Trinajstić information content (AvgIpc) is 3.29. The molecule has 2 aromatic carbocycles. The molecule has 1 aliphatic rings. The van der Waals surface area contributed by atoms with E-state index in [2.05, 4.69) is 27.1 Å². The second kappa shape index (κ2) is 8.80. The van der Waals surface area contributed by atoms with Crippen molar-refractivity contribution >= 4 is 11.0 Å². The number of aliphatic hydroxyl groups is 1. The topological polar surface area (TPSA) is 85.4 Å². The lowest BCUT2D eigenvalue weighted by molar-refractivity contribution is -0.0364. The summed E-state index contributed by atoms with van der Waals surface area (Å²) in [7, 11) is 1.66. The van der Waals surface area contributed by atoms with Crippen LogP contribution in [0.2, 0.25) is 0 Å². The van der Waals surface area contributed by atoms with Gasteiger partial charge in [-0.25, -0.2) is 9.67 Å². The van der Waals surface area contributed by atoms with E-state index in [9.17, 15) is 9.90 Å². The van der Waals surface area contributed by atoms with Crippen LogP contribution in [0.1, 0.15) is 18.4 Å². The fourth-order valence-electron chi connectivity index (χ4n) is 4.41. The number of hydrogen-bond donors (Lipinski definition) is 1. The van der Waals surface area contributed by atoms with Crippen molar-refractivity contribution < 1.29 is 9.84 Å². The summed E-state index contributed by atoms with van der Waals surface area (Å²) in [4.78, 5) is 19.9. The van der Waals surface area contributed by atoms with Gasteiger partial charge in [0.05, 0.1) is 31.1 Å². The van der Waals surface area contributed by atoms with Crippen molar-refractivity contribution in [3.8, 4) is 11.4 Å². The Kier molecular flexibility index (Phi) is 5.70. The van der Waals surface area contributed by atoms with Crippen molar-refractivity contribution in [1.29, 1.82) is 0 Å². The minimum Gasteiger partial charge on any atom is -0.497 e. The van der Waals surface area contributed by atoms with Crippen molar-refractivity contribution in [3.63, 3.8) is 0 Å². The molecule has 1 saturated heterocycles. The zero-order valence-corrected chi connectivity index (χ0v) is 18.6. The molecule has 8 nitrogen and oxygen atoms in total. The molecule has 0 radical (unpaired) electrons. The molecule has 0 unspecified atom stereocenters. The van der Waals surface area contributed by atoms with Crippen LogP contribution in [0.15, 0.2) is 71.9 Å². The maximum absolute atomic E-state index is 13.1. The van der Waals surface area contributed by atoms with Gasteiger partial charge in [-0.05, 0) is 42.7 Å². The SMILES string of the molecule is COc1ccc(CN2CCC(O)(Cn3cnc4c(cnn4-c4ccccc4)c3=O)CC2)cc1. The molecule has 0 bridgehead atoms. The Hall–Kier alpha value is -3.49. The number of para-hydroxylation sites is 1. The molecule has 8 heteroatoms. The number of benzene rings is 2. The molecule has 2 aromatic heterocycles. The number of aromatic nitrogens is 4. The molecule has 0 aliphatic carbocycles. The van der Waals surface area contributed by atoms with Gasteiger partial charge in [0.25, 0.3) is 5.56 Å². The van der Waals surface area contributed by atoms with Gasteiger partial charge < -0.3 is 9.84 Å². The fraction of sp³-hybridized carbons (Fsp3) is 0.320. The highest BCUT2D eigenvalue weighted by Gasteiger charge is 2.33. The van der Waals surface area contributed by atoms with Crippen LogP contribution in [0.25, 0.3) is 16.7 Å². The summed E-state index contributed by atoms with van der Waals surface area (Å²) in [5, 5.41) is 16.0. The molecule has 0 saturated carbocycles. The van der Waals surface area contributed by atoms with E-state index in [0.717, 1.165) is 31.1 Å². The van der Waals surface area contributed by atoms with E-state index >= 15 is 0 Å². The predicted molar refractivity (Wildman–Crippen MR) is 126 cm³/mol. The van der Waals surface area contributed by atoms with Gasteiger partial charge in [0.1, 0.15) is 17.5 Å². The van der Waals surface area contributed by atoms with Crippen LogP contribution in [0.5, 0.6) is 5.75 Å². The summed E-state index contributed by atoms with van der Waals surface area (Å²) in [5.74, 6) is 0.845. The first-order valence-corrected chi connectivity index (χ1v) is 11.1. The van der Waals surface area contributed by atoms with Crippen LogP contribution in [0.3, 0.4) is 0 Å². The van der Waals surface area contributed by atoms with E-state index < -0.39 is 5.60 Å². The molecule has 1 aliphatic heterocycles. The van der Waals surface area contributed by atoms with Crippen molar-refractivity contribution in [3.05, 3.63) is 83.0 Å². The number of ether oxygens (including phenoxy) is 1. The average molecular weight is 446 g/mol. The summed E-state index contributed by atoms with van der Waals surface area (Å²) < 4.78 is 8.39. The summed E-state index contributed by atoms with van der Waals surface area (Å²) in [6.45, 7) is 2.58. The number of fused-ring (bicyclic) bond motifs is 1. The van der Waals surface area contributed by atoms with E-state index in [0.29, 0.717) is 23.9 Å². The Morgan fingerprint density at radius 2 is 1.79 bits per heavy atom. The Balaban J connectivity index is 1.27. The highest BCUT2D eigenvalue weighted by Crippen LogP contribution is 2.25. The maximum atomic E-state index is 13.1. The zero-order chi connectivity index (χ0) is 22.8. The second-order valence-corrected chi connectivity index (χ2v) is 8.66. The lowest BCUT2D eigenvalue weighted by Gasteiger charge is -2.38. The molecule has 0 atom stereocenters. The van der Waals surface area contributed by atoms with E-state index in [1.54, 1.807) is 18.0 Å². The summed E-state index contributed by atoms with van der Waals surface area (Å²) in [5.41, 5.74) is 1.45. The minimum atomic E-state index is -0.939. The normalized spacial score (nSPS) is 16.2. The molecule has 0 amide bonds. The molecule has 3 heterocycles. The van der Waals surface area contributed by atoms with Crippen molar-refractivity contribution in [1.82, 2.24) is 24.2 Å². The van der Waals surface area contributed by atoms with Crippen molar-refractivity contribution in [2.24, 2.45) is 0 Å². The van der Waals surface area contributed by atoms with Crippen molar-refractivity contribution in [2.75, 3.05) is 20.2 Å². The molecule has 0 spiro atoms. The number of rotatable bonds is 6. The summed E-state index contributed by atoms with van der Waals surface area (Å²) in [6, 6.07) is 17.7. The van der Waals surface area contributed by atoms with Gasteiger partial charge >= 0.3 is 0 Å². The summed E-state index contributed by atoms with van der Waals surface area (Å²) >= 11 is 0. The predicted octanol–water partition coefficient (Wildman–Crippen LogP) is 2.62. The highest BCUT2D eigenvalue weighted by atomic mass is 16.5. The number of hydrogen-bond acceptors (Lipinski definition) is 6. The number of likely N-dealkylation sites (tertiary alicyclic amines) is 1. The molecule has 1 N–H and O–H groups in total. The first-order valence-electron chi connectivity index (χ1n) is 11.1. The maximum Gasteiger partial charge on any atom is 0.264 e. The monoisotopic (exact) mass is 445 g/mol. The Morgan fingerprint density at radius 1 is 1.06 bits per heavy atom. The first kappa shape index (κ1) is 21.4. The molecule has 5 rings (SSSR count). The number of piperidine rings is 1. The van der Waals surface area contributed by atoms with Crippen LogP contribution in [-0.2, 0) is 13.1 Å². The fourth-order valence-corrected chi connectivity index (χ4v) is 4.41. The molecular weight excluding hydrogens is 418 g/mol. The largest absolute Gasteiger partial charge is 0.497 e. The quantitative estimate of drug-likeness (QED) is 0.491. The van der Waals surface area contributed by atoms with Gasteiger partial charge in [0.15, 0.2) is 5.65 Å². The molecule has 170 valence electrons. The van der Waals surface area contributed by atoms with Gasteiger partial charge in [0, 0.05) is 19.6 Å². The zero-order valence-electron chi connectivity index (χ0n) is 18.6. The Morgan fingerprint density at radius 3 is 2.48 bits per heavy atom. The van der Waals surface area contributed by atoms with Crippen LogP contribution >= 0.6 is 0 Å². The lowest BCUT2D eigenvalue weighted by Crippen LogP contribution is -2.47. The first-order chi connectivity index (χ1) is 16.0. The number of nitrogens with zero attached hydrogens (tertiary/aromatic N) is 5. The Bertz CT molecular complexity index is 1290. The van der Waals surface area contributed by atoms with Crippen LogP contribution in [0, 0.1) is 0 Å². The molecule has 4 aromatic rings. The van der Waals surface area contributed by atoms with Crippen LogP contribution < -0.4 is 10.3 Å². The van der Waals surface area contributed by atoms with Gasteiger partial charge in [-0.3, -0.25) is 14.3 Å². The second-order valence-electron chi connectivity index (χ2n) is 8.66. The van der Waals surface area contributed by atoms with E-state index in [1.165, 1.54) is 16.5 Å². The van der Waals surface area contributed by atoms with Crippen molar-refractivity contribution in [2.45, 2.75) is 31.5 Å². The van der Waals surface area contributed by atoms with Gasteiger partial charge in [0.2, 0.25) is 0 Å². The smallest absolute Gasteiger partial charge is 0.264 e. The highest BCUT2D eigenvalue weighted by molar-refractivity contribution is 5.74. The van der Waals surface area contributed by atoms with Crippen LogP contribution in [0.4, 0.5) is 0 Å². The summed E-state index contributed by atoms with van der Waals surface area (Å²) in [6.07, 6.45) is 4.26. The third-order valence-corrected chi connectivity index (χ3v) is 6.37. The molecule has 1 fully saturated rings. The van der Waals surface area contributed by atoms with Gasteiger partial charge in [-0.2, -0.15) is 5.10 Å². The molecule has 33 heavy (non-hydrogen) atoms. The third kappa shape index (κ3) is 4.40. The lowest BCUT2D eigenvalue weighted by atomic mass is 9.91. The standard InChI is InChI=1S/C25H27N5O3/c1-33-21-9-7-19(8-10-21)16-28-13-11-25(32,12-14-28)17-29-18-26-23-22(24(29)31)15-27-30(23)20-5-3-2-4-6-20/h2-10,15,18,32H,11-14,16-17H2,1H3. The van der Waals surface area contributed by atoms with E-state index in [1.807, 2.05) is 42.5 Å². The number of methoxy groups -OCH3 is 1. The minimum absolute atomic E-state index is 0.184. The Labute approximate surface area is 191 Å². The van der Waals surface area contributed by atoms with E-state index in [4.69, 9.17) is 4.74 Å². The van der Waals surface area contributed by atoms with E-state index in [-0.39, 0.29) is 12.1 Å². The van der Waals surface area contributed by atoms with Gasteiger partial charge in [-0.15, -0.1) is 0 Å².